The number of carbonyl (C=O) groups is 2. The number of aliphatic hydroxyl groups is 1. The van der Waals surface area contributed by atoms with Crippen LogP contribution in [-0.2, 0) is 6.61 Å². The molecule has 0 saturated heterocycles. The van der Waals surface area contributed by atoms with E-state index < -0.39 is 13.2 Å². The molecule has 0 bridgehead atoms. The van der Waals surface area contributed by atoms with Crippen molar-refractivity contribution >= 4 is 12.6 Å². The van der Waals surface area contributed by atoms with Crippen LogP contribution in [-0.4, -0.2) is 24.3 Å². The number of aldehydes is 2. The maximum Gasteiger partial charge on any atom is 0.387 e. The first-order chi connectivity index (χ1) is 7.62. The highest BCUT2D eigenvalue weighted by Gasteiger charge is 2.14. The van der Waals surface area contributed by atoms with E-state index in [1.165, 1.54) is 6.07 Å². The van der Waals surface area contributed by atoms with Gasteiger partial charge in [0.1, 0.15) is 12.0 Å². The Labute approximate surface area is 89.5 Å². The SMILES string of the molecule is O=Cc1cc(C=O)c(CO)c(OC(F)F)c1. The maximum absolute atomic E-state index is 12.0. The fraction of sp³-hybridized carbons (Fsp3) is 0.200. The lowest BCUT2D eigenvalue weighted by Crippen LogP contribution is -2.07. The largest absolute Gasteiger partial charge is 0.434 e. The van der Waals surface area contributed by atoms with Gasteiger partial charge in [-0.1, -0.05) is 0 Å². The van der Waals surface area contributed by atoms with Crippen molar-refractivity contribution < 1.29 is 28.2 Å². The second-order valence-corrected chi connectivity index (χ2v) is 2.86. The minimum Gasteiger partial charge on any atom is -0.434 e. The normalized spacial score (nSPS) is 10.2. The van der Waals surface area contributed by atoms with Crippen molar-refractivity contribution in [3.8, 4) is 5.75 Å². The Morgan fingerprint density at radius 1 is 1.31 bits per heavy atom. The molecule has 0 spiro atoms. The molecule has 4 nitrogen and oxygen atoms in total. The summed E-state index contributed by atoms with van der Waals surface area (Å²) in [6, 6.07) is 2.22. The first-order valence-electron chi connectivity index (χ1n) is 4.25. The summed E-state index contributed by atoms with van der Waals surface area (Å²) in [5.74, 6) is -0.371. The highest BCUT2D eigenvalue weighted by molar-refractivity contribution is 5.85. The highest BCUT2D eigenvalue weighted by Crippen LogP contribution is 2.25. The average Bonchev–Trinajstić information content (AvgIpc) is 2.27. The number of aliphatic hydroxyl groups excluding tert-OH is 1. The third-order valence-electron chi connectivity index (χ3n) is 1.90. The Balaban J connectivity index is 3.30. The van der Waals surface area contributed by atoms with Gasteiger partial charge in [0, 0.05) is 16.7 Å². The molecule has 0 aliphatic heterocycles. The fourth-order valence-corrected chi connectivity index (χ4v) is 1.23. The minimum absolute atomic E-state index is 0.0231. The van der Waals surface area contributed by atoms with Gasteiger partial charge in [0.05, 0.1) is 6.61 Å². The van der Waals surface area contributed by atoms with Gasteiger partial charge in [-0.2, -0.15) is 8.78 Å². The van der Waals surface area contributed by atoms with Crippen LogP contribution in [0.15, 0.2) is 12.1 Å². The lowest BCUT2D eigenvalue weighted by Gasteiger charge is -2.11. The van der Waals surface area contributed by atoms with E-state index in [1.807, 2.05) is 0 Å². The smallest absolute Gasteiger partial charge is 0.387 e. The summed E-state index contributed by atoms with van der Waals surface area (Å²) in [4.78, 5) is 21.1. The van der Waals surface area contributed by atoms with Crippen molar-refractivity contribution in [1.29, 1.82) is 0 Å². The Morgan fingerprint density at radius 3 is 2.44 bits per heavy atom. The Bertz CT molecular complexity index is 404. The van der Waals surface area contributed by atoms with Gasteiger partial charge >= 0.3 is 6.61 Å². The quantitative estimate of drug-likeness (QED) is 0.776. The van der Waals surface area contributed by atoms with E-state index in [1.54, 1.807) is 0 Å². The van der Waals surface area contributed by atoms with Gasteiger partial charge in [0.25, 0.3) is 0 Å². The molecule has 0 unspecified atom stereocenters. The van der Waals surface area contributed by atoms with Gasteiger partial charge < -0.3 is 9.84 Å². The van der Waals surface area contributed by atoms with E-state index in [-0.39, 0.29) is 22.4 Å². The van der Waals surface area contributed by atoms with Gasteiger partial charge in [-0.05, 0) is 12.1 Å². The monoisotopic (exact) mass is 230 g/mol. The second-order valence-electron chi connectivity index (χ2n) is 2.86. The van der Waals surface area contributed by atoms with E-state index in [9.17, 15) is 18.4 Å². The van der Waals surface area contributed by atoms with Crippen molar-refractivity contribution in [2.24, 2.45) is 0 Å². The van der Waals surface area contributed by atoms with Crippen LogP contribution in [0.2, 0.25) is 0 Å². The van der Waals surface area contributed by atoms with Crippen molar-refractivity contribution in [1.82, 2.24) is 0 Å². The fourth-order valence-electron chi connectivity index (χ4n) is 1.23. The van der Waals surface area contributed by atoms with Crippen LogP contribution in [0.1, 0.15) is 26.3 Å². The maximum atomic E-state index is 12.0. The van der Waals surface area contributed by atoms with Crippen molar-refractivity contribution in [2.75, 3.05) is 0 Å². The lowest BCUT2D eigenvalue weighted by atomic mass is 10.0. The van der Waals surface area contributed by atoms with Gasteiger partial charge in [0.15, 0.2) is 6.29 Å². The summed E-state index contributed by atoms with van der Waals surface area (Å²) < 4.78 is 28.2. The summed E-state index contributed by atoms with van der Waals surface area (Å²) in [6.07, 6.45) is 0.753. The molecule has 0 radical (unpaired) electrons. The van der Waals surface area contributed by atoms with Crippen LogP contribution in [0.4, 0.5) is 8.78 Å². The molecule has 0 heterocycles. The third-order valence-corrected chi connectivity index (χ3v) is 1.90. The Kier molecular flexibility index (Phi) is 4.07. The van der Waals surface area contributed by atoms with Crippen LogP contribution in [0.3, 0.4) is 0 Å². The van der Waals surface area contributed by atoms with E-state index in [0.717, 1.165) is 6.07 Å². The molecule has 0 aliphatic carbocycles. The predicted molar refractivity (Wildman–Crippen MR) is 49.8 cm³/mol. The van der Waals surface area contributed by atoms with E-state index in [2.05, 4.69) is 4.74 Å². The number of ether oxygens (including phenoxy) is 1. The van der Waals surface area contributed by atoms with Crippen LogP contribution in [0.25, 0.3) is 0 Å². The minimum atomic E-state index is -3.09. The van der Waals surface area contributed by atoms with E-state index in [4.69, 9.17) is 5.11 Å². The summed E-state index contributed by atoms with van der Waals surface area (Å²) in [7, 11) is 0. The Hall–Kier alpha value is -1.82. The molecule has 0 atom stereocenters. The third kappa shape index (κ3) is 2.60. The summed E-state index contributed by atoms with van der Waals surface area (Å²) in [6.45, 7) is -3.72. The number of hydrogen-bond acceptors (Lipinski definition) is 4. The van der Waals surface area contributed by atoms with Crippen molar-refractivity contribution in [3.05, 3.63) is 28.8 Å². The molecular weight excluding hydrogens is 222 g/mol. The first kappa shape index (κ1) is 12.3. The van der Waals surface area contributed by atoms with Crippen LogP contribution >= 0.6 is 0 Å². The zero-order valence-electron chi connectivity index (χ0n) is 8.02. The molecule has 1 rings (SSSR count). The Morgan fingerprint density at radius 2 is 2.00 bits per heavy atom. The van der Waals surface area contributed by atoms with Crippen LogP contribution in [0, 0.1) is 0 Å². The molecule has 6 heteroatoms. The summed E-state index contributed by atoms with van der Waals surface area (Å²) in [5, 5.41) is 8.93. The highest BCUT2D eigenvalue weighted by atomic mass is 19.3. The molecular formula is C10H8F2O4. The number of benzene rings is 1. The van der Waals surface area contributed by atoms with E-state index in [0.29, 0.717) is 12.6 Å². The molecule has 16 heavy (non-hydrogen) atoms. The molecule has 1 N–H and O–H groups in total. The number of carbonyl (C=O) groups excluding carboxylic acids is 2. The average molecular weight is 230 g/mol. The van der Waals surface area contributed by atoms with Crippen LogP contribution in [0.5, 0.6) is 5.75 Å². The summed E-state index contributed by atoms with van der Waals surface area (Å²) in [5.41, 5.74) is -0.0985. The number of halogens is 2. The van der Waals surface area contributed by atoms with Gasteiger partial charge in [-0.3, -0.25) is 9.59 Å². The number of alkyl halides is 2. The van der Waals surface area contributed by atoms with Crippen molar-refractivity contribution in [3.63, 3.8) is 0 Å². The zero-order chi connectivity index (χ0) is 12.1. The standard InChI is InChI=1S/C10H8F2O4/c11-10(12)16-9-2-6(3-13)1-7(4-14)8(9)5-15/h1-4,10,15H,5H2. The van der Waals surface area contributed by atoms with Gasteiger partial charge in [-0.25, -0.2) is 0 Å². The topological polar surface area (TPSA) is 63.6 Å². The van der Waals surface area contributed by atoms with Crippen molar-refractivity contribution in [2.45, 2.75) is 13.2 Å². The predicted octanol–water partition coefficient (Wildman–Crippen LogP) is 1.41. The first-order valence-corrected chi connectivity index (χ1v) is 4.25. The lowest BCUT2D eigenvalue weighted by molar-refractivity contribution is -0.0510. The molecule has 0 fully saturated rings. The zero-order valence-corrected chi connectivity index (χ0v) is 8.02. The molecule has 1 aromatic rings. The number of rotatable bonds is 5. The van der Waals surface area contributed by atoms with Gasteiger partial charge in [-0.15, -0.1) is 0 Å². The second kappa shape index (κ2) is 5.32. The molecule has 1 aromatic carbocycles. The van der Waals surface area contributed by atoms with Gasteiger partial charge in [0.2, 0.25) is 0 Å². The molecule has 0 aromatic heterocycles. The molecule has 86 valence electrons. The molecule has 0 amide bonds. The molecule has 0 aliphatic rings. The number of hydrogen-bond donors (Lipinski definition) is 1. The molecule has 0 saturated carbocycles. The van der Waals surface area contributed by atoms with E-state index >= 15 is 0 Å². The van der Waals surface area contributed by atoms with Crippen LogP contribution < -0.4 is 4.74 Å². The summed E-state index contributed by atoms with van der Waals surface area (Å²) >= 11 is 0.